The summed E-state index contributed by atoms with van der Waals surface area (Å²) in [6.07, 6.45) is 5.52. The predicted octanol–water partition coefficient (Wildman–Crippen LogP) is 2.83. The number of thiocarbonyl (C=S) groups is 1. The van der Waals surface area contributed by atoms with Gasteiger partial charge in [0.05, 0.1) is 10.9 Å². The largest absolute Gasteiger partial charge is 0.393 e. The Labute approximate surface area is 132 Å². The quantitative estimate of drug-likeness (QED) is 0.795. The van der Waals surface area contributed by atoms with E-state index in [2.05, 4.69) is 12.2 Å². The van der Waals surface area contributed by atoms with Crippen molar-refractivity contribution in [2.75, 3.05) is 0 Å². The van der Waals surface area contributed by atoms with Gasteiger partial charge in [-0.2, -0.15) is 0 Å². The first-order valence-electron chi connectivity index (χ1n) is 7.71. The number of benzene rings is 1. The van der Waals surface area contributed by atoms with Gasteiger partial charge in [-0.1, -0.05) is 55.4 Å². The molecule has 1 amide bonds. The molecule has 21 heavy (non-hydrogen) atoms. The van der Waals surface area contributed by atoms with Crippen molar-refractivity contribution in [3.05, 3.63) is 35.9 Å². The molecule has 0 aromatic heterocycles. The van der Waals surface area contributed by atoms with Crippen molar-refractivity contribution in [3.8, 4) is 0 Å². The van der Waals surface area contributed by atoms with E-state index in [4.69, 9.17) is 18.0 Å². The van der Waals surface area contributed by atoms with Gasteiger partial charge in [0.25, 0.3) is 0 Å². The van der Waals surface area contributed by atoms with Crippen LogP contribution in [-0.4, -0.2) is 16.9 Å². The Morgan fingerprint density at radius 3 is 2.52 bits per heavy atom. The van der Waals surface area contributed by atoms with E-state index in [1.54, 1.807) is 0 Å². The van der Waals surface area contributed by atoms with Crippen LogP contribution in [0.2, 0.25) is 0 Å². The SMILES string of the molecule is CC(NC(=O)C(Cc1ccccc1)C(N)=S)C1CCCC1. The van der Waals surface area contributed by atoms with Crippen LogP contribution in [0.5, 0.6) is 0 Å². The van der Waals surface area contributed by atoms with Gasteiger partial charge in [0.15, 0.2) is 0 Å². The number of amides is 1. The summed E-state index contributed by atoms with van der Waals surface area (Å²) in [5, 5.41) is 3.12. The summed E-state index contributed by atoms with van der Waals surface area (Å²) in [4.78, 5) is 12.8. The third-order valence-corrected chi connectivity index (χ3v) is 4.70. The number of hydrogen-bond donors (Lipinski definition) is 2. The van der Waals surface area contributed by atoms with E-state index >= 15 is 0 Å². The molecule has 2 rings (SSSR count). The Morgan fingerprint density at radius 2 is 1.95 bits per heavy atom. The summed E-state index contributed by atoms with van der Waals surface area (Å²) < 4.78 is 0. The van der Waals surface area contributed by atoms with E-state index in [0.29, 0.717) is 12.3 Å². The Balaban J connectivity index is 1.97. The molecule has 1 aromatic carbocycles. The predicted molar refractivity (Wildman–Crippen MR) is 90.0 cm³/mol. The average molecular weight is 304 g/mol. The van der Waals surface area contributed by atoms with Crippen LogP contribution in [0.4, 0.5) is 0 Å². The van der Waals surface area contributed by atoms with E-state index < -0.39 is 5.92 Å². The first-order chi connectivity index (χ1) is 10.1. The first kappa shape index (κ1) is 16.0. The van der Waals surface area contributed by atoms with Gasteiger partial charge >= 0.3 is 0 Å². The number of nitrogens with one attached hydrogen (secondary N) is 1. The van der Waals surface area contributed by atoms with Gasteiger partial charge in [-0.05, 0) is 37.7 Å². The van der Waals surface area contributed by atoms with Gasteiger partial charge in [-0.15, -0.1) is 0 Å². The van der Waals surface area contributed by atoms with Gasteiger partial charge < -0.3 is 11.1 Å². The molecule has 1 aromatic rings. The van der Waals surface area contributed by atoms with Gasteiger partial charge in [0, 0.05) is 6.04 Å². The van der Waals surface area contributed by atoms with Gasteiger partial charge in [-0.25, -0.2) is 0 Å². The van der Waals surface area contributed by atoms with Crippen LogP contribution >= 0.6 is 12.2 Å². The molecule has 0 saturated heterocycles. The maximum absolute atomic E-state index is 12.5. The van der Waals surface area contributed by atoms with Crippen LogP contribution in [0.3, 0.4) is 0 Å². The Hall–Kier alpha value is -1.42. The highest BCUT2D eigenvalue weighted by molar-refractivity contribution is 7.80. The van der Waals surface area contributed by atoms with Crippen molar-refractivity contribution in [2.45, 2.75) is 45.1 Å². The van der Waals surface area contributed by atoms with Crippen LogP contribution in [0.15, 0.2) is 30.3 Å². The van der Waals surface area contributed by atoms with Crippen molar-refractivity contribution in [1.82, 2.24) is 5.32 Å². The number of carbonyl (C=O) groups is 1. The van der Waals surface area contributed by atoms with Gasteiger partial charge in [0.2, 0.25) is 5.91 Å². The molecule has 1 aliphatic rings. The van der Waals surface area contributed by atoms with E-state index in [9.17, 15) is 4.79 Å². The molecule has 3 nitrogen and oxygen atoms in total. The normalized spacial score (nSPS) is 18.1. The summed E-state index contributed by atoms with van der Waals surface area (Å²) in [6, 6.07) is 10.1. The van der Waals surface area contributed by atoms with Crippen molar-refractivity contribution in [2.24, 2.45) is 17.6 Å². The van der Waals surface area contributed by atoms with E-state index in [1.165, 1.54) is 25.7 Å². The second-order valence-corrected chi connectivity index (χ2v) is 6.46. The summed E-state index contributed by atoms with van der Waals surface area (Å²) in [7, 11) is 0. The molecule has 1 fully saturated rings. The van der Waals surface area contributed by atoms with Crippen molar-refractivity contribution in [3.63, 3.8) is 0 Å². The fraction of sp³-hybridized carbons (Fsp3) is 0.529. The molecule has 0 spiro atoms. The van der Waals surface area contributed by atoms with E-state index in [-0.39, 0.29) is 16.9 Å². The molecule has 2 unspecified atom stereocenters. The average Bonchev–Trinajstić information content (AvgIpc) is 2.99. The number of carbonyl (C=O) groups excluding carboxylic acids is 1. The lowest BCUT2D eigenvalue weighted by Gasteiger charge is -2.23. The zero-order valence-corrected chi connectivity index (χ0v) is 13.4. The highest BCUT2D eigenvalue weighted by Gasteiger charge is 2.27. The molecule has 1 saturated carbocycles. The summed E-state index contributed by atoms with van der Waals surface area (Å²) in [6.45, 7) is 2.09. The molecule has 0 bridgehead atoms. The van der Waals surface area contributed by atoms with E-state index in [0.717, 1.165) is 5.56 Å². The van der Waals surface area contributed by atoms with Crippen LogP contribution in [0.25, 0.3) is 0 Å². The highest BCUT2D eigenvalue weighted by atomic mass is 32.1. The summed E-state index contributed by atoms with van der Waals surface area (Å²) in [5.74, 6) is 0.134. The minimum Gasteiger partial charge on any atom is -0.393 e. The Bertz CT molecular complexity index is 483. The lowest BCUT2D eigenvalue weighted by molar-refractivity contribution is -0.123. The third-order valence-electron chi connectivity index (χ3n) is 4.42. The van der Waals surface area contributed by atoms with Gasteiger partial charge in [-0.3, -0.25) is 4.79 Å². The maximum Gasteiger partial charge on any atom is 0.230 e. The molecule has 2 atom stereocenters. The lowest BCUT2D eigenvalue weighted by Crippen LogP contribution is -2.45. The molecular weight excluding hydrogens is 280 g/mol. The maximum atomic E-state index is 12.5. The molecule has 0 heterocycles. The molecule has 114 valence electrons. The smallest absolute Gasteiger partial charge is 0.230 e. The second-order valence-electron chi connectivity index (χ2n) is 5.99. The number of nitrogens with two attached hydrogens (primary N) is 1. The fourth-order valence-electron chi connectivity index (χ4n) is 3.07. The number of hydrogen-bond acceptors (Lipinski definition) is 2. The van der Waals surface area contributed by atoms with Crippen molar-refractivity contribution >= 4 is 23.1 Å². The van der Waals surface area contributed by atoms with E-state index in [1.807, 2.05) is 30.3 Å². The molecular formula is C17H24N2OS. The van der Waals surface area contributed by atoms with Crippen LogP contribution in [0.1, 0.15) is 38.2 Å². The summed E-state index contributed by atoms with van der Waals surface area (Å²) in [5.41, 5.74) is 6.87. The lowest BCUT2D eigenvalue weighted by atomic mass is 9.95. The molecule has 0 aliphatic heterocycles. The first-order valence-corrected chi connectivity index (χ1v) is 8.12. The monoisotopic (exact) mass is 304 g/mol. The van der Waals surface area contributed by atoms with Crippen LogP contribution in [0, 0.1) is 11.8 Å². The van der Waals surface area contributed by atoms with Crippen molar-refractivity contribution < 1.29 is 4.79 Å². The second kappa shape index (κ2) is 7.55. The highest BCUT2D eigenvalue weighted by Crippen LogP contribution is 2.27. The Morgan fingerprint density at radius 1 is 1.33 bits per heavy atom. The summed E-state index contributed by atoms with van der Waals surface area (Å²) >= 11 is 5.10. The van der Waals surface area contributed by atoms with Crippen molar-refractivity contribution in [1.29, 1.82) is 0 Å². The van der Waals surface area contributed by atoms with Crippen LogP contribution < -0.4 is 11.1 Å². The molecule has 3 N–H and O–H groups in total. The standard InChI is InChI=1S/C17H24N2OS/c1-12(14-9-5-6-10-14)19-17(20)15(16(18)21)11-13-7-3-2-4-8-13/h2-4,7-8,12,14-15H,5-6,9-11H2,1H3,(H2,18,21)(H,19,20). The zero-order valence-electron chi connectivity index (χ0n) is 12.5. The van der Waals surface area contributed by atoms with Gasteiger partial charge in [0.1, 0.15) is 0 Å². The third kappa shape index (κ3) is 4.53. The minimum atomic E-state index is -0.425. The number of rotatable bonds is 6. The molecule has 0 radical (unpaired) electrons. The minimum absolute atomic E-state index is 0.0363. The molecule has 1 aliphatic carbocycles. The topological polar surface area (TPSA) is 55.1 Å². The zero-order chi connectivity index (χ0) is 15.2. The fourth-order valence-corrected chi connectivity index (χ4v) is 3.26. The molecule has 4 heteroatoms. The Kier molecular flexibility index (Phi) is 5.74. The van der Waals surface area contributed by atoms with Crippen LogP contribution in [-0.2, 0) is 11.2 Å².